The van der Waals surface area contributed by atoms with Crippen LogP contribution in [-0.4, -0.2) is 55.4 Å². The lowest BCUT2D eigenvalue weighted by molar-refractivity contribution is -0.127. The summed E-state index contributed by atoms with van der Waals surface area (Å²) in [6.45, 7) is 3.05. The van der Waals surface area contributed by atoms with E-state index >= 15 is 0 Å². The molecular formula is C19H31IN4O. The number of hydrogen-bond donors (Lipinski definition) is 1. The molecule has 0 unspecified atom stereocenters. The first kappa shape index (κ1) is 21.7. The zero-order chi connectivity index (χ0) is 17.5. The van der Waals surface area contributed by atoms with Gasteiger partial charge in [-0.15, -0.1) is 24.0 Å². The Morgan fingerprint density at radius 2 is 1.76 bits per heavy atom. The summed E-state index contributed by atoms with van der Waals surface area (Å²) >= 11 is 0. The Morgan fingerprint density at radius 1 is 1.16 bits per heavy atom. The van der Waals surface area contributed by atoms with Crippen molar-refractivity contribution in [2.75, 3.05) is 27.7 Å². The number of nitrogens with one attached hydrogen (secondary N) is 1. The number of aliphatic imine (C=N–C) groups is 1. The number of carbonyl (C=O) groups is 1. The van der Waals surface area contributed by atoms with E-state index in [0.717, 1.165) is 12.5 Å². The number of benzene rings is 1. The fraction of sp³-hybridized carbons (Fsp3) is 0.579. The summed E-state index contributed by atoms with van der Waals surface area (Å²) in [6.07, 6.45) is 4.89. The first-order valence-electron chi connectivity index (χ1n) is 8.73. The smallest absolute Gasteiger partial charge is 0.243 e. The second kappa shape index (κ2) is 10.6. The standard InChI is InChI=1S/C19H30N4O.HI/c1-15-9-11-16(12-10-15)14-23(4)19(20-13-18(24)22(2)3)21-17-7-5-6-8-17;/h9-12,17H,5-8,13-14H2,1-4H3,(H,20,21);1H. The third-order valence-electron chi connectivity index (χ3n) is 4.45. The minimum absolute atomic E-state index is 0. The third kappa shape index (κ3) is 7.22. The van der Waals surface area contributed by atoms with Gasteiger partial charge in [-0.25, -0.2) is 4.99 Å². The molecule has 1 N–H and O–H groups in total. The van der Waals surface area contributed by atoms with Gasteiger partial charge in [-0.1, -0.05) is 42.7 Å². The van der Waals surface area contributed by atoms with Crippen molar-refractivity contribution in [1.29, 1.82) is 0 Å². The van der Waals surface area contributed by atoms with Crippen molar-refractivity contribution in [3.8, 4) is 0 Å². The topological polar surface area (TPSA) is 47.9 Å². The summed E-state index contributed by atoms with van der Waals surface area (Å²) in [4.78, 5) is 20.1. The molecule has 0 radical (unpaired) electrons. The van der Waals surface area contributed by atoms with Gasteiger partial charge < -0.3 is 15.1 Å². The van der Waals surface area contributed by atoms with Crippen molar-refractivity contribution in [3.63, 3.8) is 0 Å². The molecule has 0 bridgehead atoms. The Labute approximate surface area is 168 Å². The molecule has 0 aromatic heterocycles. The summed E-state index contributed by atoms with van der Waals surface area (Å²) < 4.78 is 0. The van der Waals surface area contributed by atoms with Gasteiger partial charge in [0, 0.05) is 33.7 Å². The van der Waals surface area contributed by atoms with Crippen LogP contribution in [0.5, 0.6) is 0 Å². The molecule has 1 amide bonds. The number of nitrogens with zero attached hydrogens (tertiary/aromatic N) is 3. The van der Waals surface area contributed by atoms with E-state index in [2.05, 4.69) is 46.4 Å². The maximum atomic E-state index is 11.9. The van der Waals surface area contributed by atoms with E-state index in [1.54, 1.807) is 19.0 Å². The van der Waals surface area contributed by atoms with Gasteiger partial charge in [0.1, 0.15) is 6.54 Å². The summed E-state index contributed by atoms with van der Waals surface area (Å²) in [5, 5.41) is 3.55. The molecule has 140 valence electrons. The zero-order valence-corrected chi connectivity index (χ0v) is 18.1. The summed E-state index contributed by atoms with van der Waals surface area (Å²) in [5.41, 5.74) is 2.50. The maximum absolute atomic E-state index is 11.9. The molecule has 1 aliphatic rings. The van der Waals surface area contributed by atoms with Crippen LogP contribution in [0.2, 0.25) is 0 Å². The highest BCUT2D eigenvalue weighted by Gasteiger charge is 2.18. The molecule has 25 heavy (non-hydrogen) atoms. The minimum atomic E-state index is 0. The summed E-state index contributed by atoms with van der Waals surface area (Å²) in [7, 11) is 5.55. The number of amides is 1. The van der Waals surface area contributed by atoms with Crippen molar-refractivity contribution >= 4 is 35.8 Å². The van der Waals surface area contributed by atoms with Gasteiger partial charge in [0.25, 0.3) is 0 Å². The molecule has 1 fully saturated rings. The van der Waals surface area contributed by atoms with Crippen LogP contribution in [0.3, 0.4) is 0 Å². The highest BCUT2D eigenvalue weighted by molar-refractivity contribution is 14.0. The Bertz CT molecular complexity index is 565. The Balaban J connectivity index is 0.00000312. The fourth-order valence-electron chi connectivity index (χ4n) is 2.86. The number of halogens is 1. The van der Waals surface area contributed by atoms with Crippen LogP contribution in [-0.2, 0) is 11.3 Å². The van der Waals surface area contributed by atoms with Gasteiger partial charge in [0.15, 0.2) is 5.96 Å². The third-order valence-corrected chi connectivity index (χ3v) is 4.45. The van der Waals surface area contributed by atoms with Crippen molar-refractivity contribution in [1.82, 2.24) is 15.1 Å². The highest BCUT2D eigenvalue weighted by atomic mass is 127. The van der Waals surface area contributed by atoms with E-state index in [4.69, 9.17) is 0 Å². The molecule has 1 aromatic carbocycles. The van der Waals surface area contributed by atoms with Crippen LogP contribution in [0.1, 0.15) is 36.8 Å². The van der Waals surface area contributed by atoms with E-state index in [1.807, 2.05) is 7.05 Å². The SMILES string of the molecule is Cc1ccc(CN(C)C(=NCC(=O)N(C)C)NC2CCCC2)cc1.I. The first-order chi connectivity index (χ1) is 11.5. The Kier molecular flexibility index (Phi) is 9.24. The van der Waals surface area contributed by atoms with Crippen molar-refractivity contribution in [2.24, 2.45) is 4.99 Å². The van der Waals surface area contributed by atoms with Gasteiger partial charge in [0.05, 0.1) is 0 Å². The van der Waals surface area contributed by atoms with E-state index in [0.29, 0.717) is 6.04 Å². The predicted molar refractivity (Wildman–Crippen MR) is 114 cm³/mol. The molecular weight excluding hydrogens is 427 g/mol. The molecule has 2 rings (SSSR count). The van der Waals surface area contributed by atoms with Crippen LogP contribution >= 0.6 is 24.0 Å². The Morgan fingerprint density at radius 3 is 2.32 bits per heavy atom. The fourth-order valence-corrected chi connectivity index (χ4v) is 2.86. The molecule has 1 aliphatic carbocycles. The zero-order valence-electron chi connectivity index (χ0n) is 15.8. The average molecular weight is 458 g/mol. The Hall–Kier alpha value is -1.31. The quantitative estimate of drug-likeness (QED) is 0.419. The molecule has 5 nitrogen and oxygen atoms in total. The van der Waals surface area contributed by atoms with Crippen LogP contribution in [0.4, 0.5) is 0 Å². The normalized spacial score (nSPS) is 14.8. The molecule has 0 aliphatic heterocycles. The number of guanidine groups is 1. The van der Waals surface area contributed by atoms with Crippen LogP contribution in [0, 0.1) is 6.92 Å². The largest absolute Gasteiger partial charge is 0.353 e. The lowest BCUT2D eigenvalue weighted by Gasteiger charge is -2.25. The molecule has 1 saturated carbocycles. The summed E-state index contributed by atoms with van der Waals surface area (Å²) in [5.74, 6) is 0.835. The number of likely N-dealkylation sites (N-methyl/N-ethyl adjacent to an activating group) is 1. The van der Waals surface area contributed by atoms with Crippen LogP contribution < -0.4 is 5.32 Å². The van der Waals surface area contributed by atoms with Gasteiger partial charge in [0.2, 0.25) is 5.91 Å². The number of carbonyl (C=O) groups excluding carboxylic acids is 1. The van der Waals surface area contributed by atoms with Gasteiger partial charge >= 0.3 is 0 Å². The van der Waals surface area contributed by atoms with E-state index < -0.39 is 0 Å². The van der Waals surface area contributed by atoms with E-state index in [-0.39, 0.29) is 36.4 Å². The second-order valence-electron chi connectivity index (χ2n) is 6.90. The first-order valence-corrected chi connectivity index (χ1v) is 8.73. The maximum Gasteiger partial charge on any atom is 0.243 e. The molecule has 1 aromatic rings. The number of rotatable bonds is 5. The molecule has 0 saturated heterocycles. The molecule has 0 heterocycles. The van der Waals surface area contributed by atoms with E-state index in [1.165, 1.54) is 36.8 Å². The highest BCUT2D eigenvalue weighted by Crippen LogP contribution is 2.18. The van der Waals surface area contributed by atoms with Crippen LogP contribution in [0.15, 0.2) is 29.3 Å². The predicted octanol–water partition coefficient (Wildman–Crippen LogP) is 3.02. The van der Waals surface area contributed by atoms with Crippen molar-refractivity contribution in [2.45, 2.75) is 45.2 Å². The van der Waals surface area contributed by atoms with E-state index in [9.17, 15) is 4.79 Å². The molecule has 6 heteroatoms. The van der Waals surface area contributed by atoms with Gasteiger partial charge in [-0.05, 0) is 25.3 Å². The van der Waals surface area contributed by atoms with Crippen molar-refractivity contribution in [3.05, 3.63) is 35.4 Å². The van der Waals surface area contributed by atoms with Gasteiger partial charge in [-0.2, -0.15) is 0 Å². The molecule has 0 atom stereocenters. The van der Waals surface area contributed by atoms with Crippen molar-refractivity contribution < 1.29 is 4.79 Å². The second-order valence-corrected chi connectivity index (χ2v) is 6.90. The monoisotopic (exact) mass is 458 g/mol. The minimum Gasteiger partial charge on any atom is -0.353 e. The summed E-state index contributed by atoms with van der Waals surface area (Å²) in [6, 6.07) is 9.01. The lowest BCUT2D eigenvalue weighted by Crippen LogP contribution is -2.43. The molecule has 0 spiro atoms. The average Bonchev–Trinajstić information content (AvgIpc) is 3.06. The lowest BCUT2D eigenvalue weighted by atomic mass is 10.1. The van der Waals surface area contributed by atoms with Crippen LogP contribution in [0.25, 0.3) is 0 Å². The number of aryl methyl sites for hydroxylation is 1. The van der Waals surface area contributed by atoms with Gasteiger partial charge in [-0.3, -0.25) is 4.79 Å². The number of hydrogen-bond acceptors (Lipinski definition) is 2.